The first kappa shape index (κ1) is 15.2. The van der Waals surface area contributed by atoms with Crippen LogP contribution in [0.1, 0.15) is 42.6 Å². The summed E-state index contributed by atoms with van der Waals surface area (Å²) < 4.78 is 13.6. The average molecular weight is 337 g/mol. The van der Waals surface area contributed by atoms with Crippen molar-refractivity contribution in [3.63, 3.8) is 0 Å². The van der Waals surface area contributed by atoms with E-state index in [1.165, 1.54) is 24.5 Å². The number of hydrogen-bond acceptors (Lipinski definition) is 1. The molecule has 0 saturated heterocycles. The van der Waals surface area contributed by atoms with Crippen LogP contribution in [0.4, 0.5) is 4.39 Å². The summed E-state index contributed by atoms with van der Waals surface area (Å²) in [5, 5.41) is 10.3. The Morgan fingerprint density at radius 3 is 2.35 bits per heavy atom. The fourth-order valence-electron chi connectivity index (χ4n) is 2.12. The number of benzene rings is 2. The highest BCUT2D eigenvalue weighted by atomic mass is 79.9. The second-order valence-electron chi connectivity index (χ2n) is 4.92. The van der Waals surface area contributed by atoms with Crippen LogP contribution in [-0.4, -0.2) is 5.11 Å². The maximum absolute atomic E-state index is 13.2. The number of unbranched alkanes of at least 4 members (excludes halogenated alkanes) is 1. The summed E-state index contributed by atoms with van der Waals surface area (Å²) in [5.74, 6) is -0.323. The van der Waals surface area contributed by atoms with E-state index in [9.17, 15) is 9.50 Å². The van der Waals surface area contributed by atoms with Crippen molar-refractivity contribution in [2.75, 3.05) is 0 Å². The Morgan fingerprint density at radius 1 is 1.10 bits per heavy atom. The van der Waals surface area contributed by atoms with Crippen molar-refractivity contribution in [3.8, 4) is 0 Å². The molecule has 20 heavy (non-hydrogen) atoms. The number of aliphatic hydroxyl groups is 1. The van der Waals surface area contributed by atoms with Crippen LogP contribution in [-0.2, 0) is 6.42 Å². The first-order valence-electron chi connectivity index (χ1n) is 6.83. The lowest BCUT2D eigenvalue weighted by atomic mass is 9.99. The topological polar surface area (TPSA) is 20.2 Å². The summed E-state index contributed by atoms with van der Waals surface area (Å²) >= 11 is 3.14. The maximum Gasteiger partial charge on any atom is 0.137 e. The molecule has 1 unspecified atom stereocenters. The lowest BCUT2D eigenvalue weighted by Gasteiger charge is -2.13. The maximum atomic E-state index is 13.2. The zero-order valence-electron chi connectivity index (χ0n) is 11.4. The Morgan fingerprint density at radius 2 is 1.75 bits per heavy atom. The van der Waals surface area contributed by atoms with Crippen molar-refractivity contribution in [3.05, 3.63) is 69.4 Å². The lowest BCUT2D eigenvalue weighted by Crippen LogP contribution is -2.00. The molecule has 1 atom stereocenters. The molecule has 3 heteroatoms. The molecule has 0 radical (unpaired) electrons. The van der Waals surface area contributed by atoms with E-state index in [0.717, 1.165) is 12.0 Å². The molecule has 0 aliphatic heterocycles. The second kappa shape index (κ2) is 7.00. The molecule has 0 aromatic heterocycles. The zero-order valence-corrected chi connectivity index (χ0v) is 13.0. The predicted octanol–water partition coefficient (Wildman–Crippen LogP) is 5.01. The molecule has 2 rings (SSSR count). The monoisotopic (exact) mass is 336 g/mol. The summed E-state index contributed by atoms with van der Waals surface area (Å²) in [6.45, 7) is 2.17. The van der Waals surface area contributed by atoms with Crippen LogP contribution >= 0.6 is 15.9 Å². The van der Waals surface area contributed by atoms with E-state index in [-0.39, 0.29) is 5.82 Å². The van der Waals surface area contributed by atoms with Crippen LogP contribution in [0.5, 0.6) is 0 Å². The van der Waals surface area contributed by atoms with Gasteiger partial charge in [-0.25, -0.2) is 4.39 Å². The molecule has 1 nitrogen and oxygen atoms in total. The predicted molar refractivity (Wildman–Crippen MR) is 83.2 cm³/mol. The highest BCUT2D eigenvalue weighted by Gasteiger charge is 2.12. The lowest BCUT2D eigenvalue weighted by molar-refractivity contribution is 0.220. The van der Waals surface area contributed by atoms with Crippen LogP contribution in [0.2, 0.25) is 0 Å². The molecule has 1 N–H and O–H groups in total. The van der Waals surface area contributed by atoms with E-state index in [2.05, 4.69) is 22.9 Å². The third kappa shape index (κ3) is 3.68. The van der Waals surface area contributed by atoms with Crippen LogP contribution in [0.25, 0.3) is 0 Å². The number of aryl methyl sites for hydroxylation is 1. The van der Waals surface area contributed by atoms with Crippen LogP contribution in [0.15, 0.2) is 46.9 Å². The second-order valence-corrected chi connectivity index (χ2v) is 5.78. The van der Waals surface area contributed by atoms with Crippen molar-refractivity contribution in [1.29, 1.82) is 0 Å². The van der Waals surface area contributed by atoms with Crippen LogP contribution in [0, 0.1) is 5.82 Å². The van der Waals surface area contributed by atoms with Crippen LogP contribution < -0.4 is 0 Å². The van der Waals surface area contributed by atoms with Gasteiger partial charge < -0.3 is 5.11 Å². The Labute approximate surface area is 127 Å². The minimum Gasteiger partial charge on any atom is -0.384 e. The first-order valence-corrected chi connectivity index (χ1v) is 7.63. The third-order valence-corrected chi connectivity index (χ3v) is 3.98. The fraction of sp³-hybridized carbons (Fsp3) is 0.294. The number of rotatable bonds is 5. The Hall–Kier alpha value is -1.19. The van der Waals surface area contributed by atoms with Gasteiger partial charge in [-0.2, -0.15) is 0 Å². The van der Waals surface area contributed by atoms with Gasteiger partial charge in [0, 0.05) is 0 Å². The van der Waals surface area contributed by atoms with E-state index in [1.807, 2.05) is 24.3 Å². The highest BCUT2D eigenvalue weighted by Crippen LogP contribution is 2.26. The van der Waals surface area contributed by atoms with Crippen molar-refractivity contribution < 1.29 is 9.50 Å². The summed E-state index contributed by atoms with van der Waals surface area (Å²) in [7, 11) is 0. The van der Waals surface area contributed by atoms with Crippen molar-refractivity contribution in [2.45, 2.75) is 32.3 Å². The van der Waals surface area contributed by atoms with Gasteiger partial charge in [0.25, 0.3) is 0 Å². The van der Waals surface area contributed by atoms with Gasteiger partial charge in [-0.3, -0.25) is 0 Å². The van der Waals surface area contributed by atoms with Gasteiger partial charge in [0.15, 0.2) is 0 Å². The van der Waals surface area contributed by atoms with Gasteiger partial charge in [-0.15, -0.1) is 0 Å². The number of hydrogen-bond donors (Lipinski definition) is 1. The summed E-state index contributed by atoms with van der Waals surface area (Å²) in [5.41, 5.74) is 2.78. The molecule has 0 heterocycles. The molecule has 0 spiro atoms. The van der Waals surface area contributed by atoms with Gasteiger partial charge in [0.2, 0.25) is 0 Å². The molecule has 0 bridgehead atoms. The molecule has 106 valence electrons. The van der Waals surface area contributed by atoms with E-state index < -0.39 is 6.10 Å². The minimum absolute atomic E-state index is 0.323. The summed E-state index contributed by atoms with van der Waals surface area (Å²) in [4.78, 5) is 0. The molecular formula is C17H18BrFO. The Bertz CT molecular complexity index is 566. The highest BCUT2D eigenvalue weighted by molar-refractivity contribution is 9.10. The summed E-state index contributed by atoms with van der Waals surface area (Å²) in [6.07, 6.45) is 2.68. The third-order valence-electron chi connectivity index (χ3n) is 3.37. The fourth-order valence-corrected chi connectivity index (χ4v) is 2.52. The van der Waals surface area contributed by atoms with Crippen LogP contribution in [0.3, 0.4) is 0 Å². The molecule has 2 aromatic rings. The quantitative estimate of drug-likeness (QED) is 0.813. The normalized spacial score (nSPS) is 12.4. The molecule has 0 aliphatic carbocycles. The van der Waals surface area contributed by atoms with Crippen molar-refractivity contribution in [1.82, 2.24) is 0 Å². The summed E-state index contributed by atoms with van der Waals surface area (Å²) in [6, 6.07) is 12.6. The Kier molecular flexibility index (Phi) is 5.32. The molecular weight excluding hydrogens is 319 g/mol. The molecule has 0 saturated carbocycles. The largest absolute Gasteiger partial charge is 0.384 e. The van der Waals surface area contributed by atoms with Gasteiger partial charge in [0.05, 0.1) is 4.47 Å². The number of aliphatic hydroxyl groups excluding tert-OH is 1. The van der Waals surface area contributed by atoms with Gasteiger partial charge in [-0.1, -0.05) is 43.7 Å². The standard InChI is InChI=1S/C17H18BrFO/c1-2-3-4-12-5-7-13(8-6-12)17(20)14-9-10-16(19)15(18)11-14/h5-11,17,20H,2-4H2,1H3. The van der Waals surface area contributed by atoms with Gasteiger partial charge >= 0.3 is 0 Å². The smallest absolute Gasteiger partial charge is 0.137 e. The van der Waals surface area contributed by atoms with Crippen molar-refractivity contribution in [2.24, 2.45) is 0 Å². The van der Waals surface area contributed by atoms with E-state index in [1.54, 1.807) is 12.1 Å². The van der Waals surface area contributed by atoms with Crippen molar-refractivity contribution >= 4 is 15.9 Å². The zero-order chi connectivity index (χ0) is 14.5. The van der Waals surface area contributed by atoms with E-state index in [0.29, 0.717) is 10.0 Å². The van der Waals surface area contributed by atoms with Gasteiger partial charge in [0.1, 0.15) is 11.9 Å². The van der Waals surface area contributed by atoms with E-state index >= 15 is 0 Å². The Balaban J connectivity index is 2.15. The molecule has 0 amide bonds. The average Bonchev–Trinajstić information content (AvgIpc) is 2.48. The van der Waals surface area contributed by atoms with E-state index in [4.69, 9.17) is 0 Å². The number of halogens is 2. The SMILES string of the molecule is CCCCc1ccc(C(O)c2ccc(F)c(Br)c2)cc1. The molecule has 0 aliphatic rings. The molecule has 2 aromatic carbocycles. The molecule has 0 fully saturated rings. The first-order chi connectivity index (χ1) is 9.61. The minimum atomic E-state index is -0.730. The van der Waals surface area contributed by atoms with Gasteiger partial charge in [-0.05, 0) is 57.6 Å².